The van der Waals surface area contributed by atoms with Gasteiger partial charge in [-0.05, 0) is 36.2 Å². The van der Waals surface area contributed by atoms with Gasteiger partial charge in [0.1, 0.15) is 5.69 Å². The molecule has 1 N–H and O–H groups in total. The third-order valence-corrected chi connectivity index (χ3v) is 3.27. The molecule has 2 aromatic rings. The Kier molecular flexibility index (Phi) is 3.94. The first kappa shape index (κ1) is 13.0. The van der Waals surface area contributed by atoms with E-state index in [1.54, 1.807) is 35.0 Å². The molecule has 1 aromatic carbocycles. The second kappa shape index (κ2) is 5.46. The third kappa shape index (κ3) is 2.86. The highest BCUT2D eigenvalue weighted by Gasteiger charge is 2.09. The maximum absolute atomic E-state index is 10.9. The molecule has 5 heteroatoms. The smallest absolute Gasteiger partial charge is 0.352 e. The summed E-state index contributed by atoms with van der Waals surface area (Å²) in [6.45, 7) is 0.565. The lowest BCUT2D eigenvalue weighted by Gasteiger charge is -2.08. The highest BCUT2D eigenvalue weighted by molar-refractivity contribution is 6.35. The van der Waals surface area contributed by atoms with E-state index in [0.29, 0.717) is 23.0 Å². The Morgan fingerprint density at radius 1 is 1.28 bits per heavy atom. The van der Waals surface area contributed by atoms with Gasteiger partial charge in [-0.1, -0.05) is 29.3 Å². The van der Waals surface area contributed by atoms with Crippen molar-refractivity contribution in [2.75, 3.05) is 0 Å². The van der Waals surface area contributed by atoms with Crippen LogP contribution in [0.3, 0.4) is 0 Å². The molecule has 0 amide bonds. The van der Waals surface area contributed by atoms with Gasteiger partial charge in [0.25, 0.3) is 0 Å². The molecule has 1 aromatic heterocycles. The van der Waals surface area contributed by atoms with E-state index in [-0.39, 0.29) is 5.69 Å². The van der Waals surface area contributed by atoms with Crippen molar-refractivity contribution in [2.24, 2.45) is 0 Å². The number of hydrogen-bond donors (Lipinski definition) is 1. The molecule has 0 atom stereocenters. The Morgan fingerprint density at radius 2 is 2.06 bits per heavy atom. The molecule has 2 rings (SSSR count). The molecule has 94 valence electrons. The zero-order chi connectivity index (χ0) is 13.1. The van der Waals surface area contributed by atoms with Crippen LogP contribution >= 0.6 is 23.2 Å². The van der Waals surface area contributed by atoms with Gasteiger partial charge >= 0.3 is 5.97 Å². The first-order valence-electron chi connectivity index (χ1n) is 5.40. The lowest BCUT2D eigenvalue weighted by atomic mass is 10.1. The number of aromatic nitrogens is 1. The Labute approximate surface area is 115 Å². The summed E-state index contributed by atoms with van der Waals surface area (Å²) in [6, 6.07) is 8.61. The van der Waals surface area contributed by atoms with Crippen LogP contribution in [0.2, 0.25) is 10.0 Å². The Hall–Kier alpha value is -1.45. The van der Waals surface area contributed by atoms with Crippen LogP contribution in [0.4, 0.5) is 0 Å². The molecule has 0 bridgehead atoms. The standard InChI is InChI=1S/C13H11Cl2NO2/c14-10-4-3-9(11(15)8-10)5-7-16-6-1-2-12(16)13(17)18/h1-4,6,8H,5,7H2,(H,17,18). The van der Waals surface area contributed by atoms with Crippen molar-refractivity contribution in [3.05, 3.63) is 57.8 Å². The minimum absolute atomic E-state index is 0.278. The Bertz CT molecular complexity index is 578. The van der Waals surface area contributed by atoms with Crippen molar-refractivity contribution in [3.63, 3.8) is 0 Å². The van der Waals surface area contributed by atoms with E-state index in [4.69, 9.17) is 28.3 Å². The monoisotopic (exact) mass is 283 g/mol. The van der Waals surface area contributed by atoms with Gasteiger partial charge in [-0.3, -0.25) is 0 Å². The van der Waals surface area contributed by atoms with Crippen molar-refractivity contribution in [2.45, 2.75) is 13.0 Å². The molecule has 0 saturated heterocycles. The van der Waals surface area contributed by atoms with Crippen molar-refractivity contribution >= 4 is 29.2 Å². The Balaban J connectivity index is 2.11. The van der Waals surface area contributed by atoms with E-state index in [1.165, 1.54) is 0 Å². The molecule has 0 saturated carbocycles. The molecule has 18 heavy (non-hydrogen) atoms. The average Bonchev–Trinajstić information content (AvgIpc) is 2.76. The lowest BCUT2D eigenvalue weighted by molar-refractivity contribution is 0.0685. The van der Waals surface area contributed by atoms with Crippen LogP contribution in [0.1, 0.15) is 16.1 Å². The predicted molar refractivity (Wildman–Crippen MR) is 71.6 cm³/mol. The van der Waals surface area contributed by atoms with Gasteiger partial charge in [0.2, 0.25) is 0 Å². The molecule has 0 spiro atoms. The van der Waals surface area contributed by atoms with Crippen molar-refractivity contribution in [1.82, 2.24) is 4.57 Å². The molecule has 3 nitrogen and oxygen atoms in total. The molecular formula is C13H11Cl2NO2. The van der Waals surface area contributed by atoms with Crippen molar-refractivity contribution in [3.8, 4) is 0 Å². The van der Waals surface area contributed by atoms with Gasteiger partial charge in [0.05, 0.1) is 0 Å². The number of aromatic carboxylic acids is 1. The summed E-state index contributed by atoms with van der Waals surface area (Å²) in [6.07, 6.45) is 2.40. The summed E-state index contributed by atoms with van der Waals surface area (Å²) in [5.41, 5.74) is 1.23. The molecule has 1 heterocycles. The van der Waals surface area contributed by atoms with Gasteiger partial charge in [0.15, 0.2) is 0 Å². The SMILES string of the molecule is O=C(O)c1cccn1CCc1ccc(Cl)cc1Cl. The summed E-state index contributed by atoms with van der Waals surface area (Å²) in [5, 5.41) is 10.2. The van der Waals surface area contributed by atoms with Gasteiger partial charge in [-0.15, -0.1) is 0 Å². The highest BCUT2D eigenvalue weighted by Crippen LogP contribution is 2.21. The second-order valence-electron chi connectivity index (χ2n) is 3.88. The van der Waals surface area contributed by atoms with E-state index in [1.807, 2.05) is 6.07 Å². The number of carboxylic acids is 1. The lowest BCUT2D eigenvalue weighted by Crippen LogP contribution is -2.09. The van der Waals surface area contributed by atoms with Crippen LogP contribution < -0.4 is 0 Å². The Morgan fingerprint density at radius 3 is 2.72 bits per heavy atom. The summed E-state index contributed by atoms with van der Waals surface area (Å²) in [5.74, 6) is -0.929. The number of rotatable bonds is 4. The summed E-state index contributed by atoms with van der Waals surface area (Å²) in [4.78, 5) is 10.9. The van der Waals surface area contributed by atoms with E-state index < -0.39 is 5.97 Å². The predicted octanol–water partition coefficient (Wildman–Crippen LogP) is 3.74. The molecule has 0 aliphatic rings. The molecule has 0 radical (unpaired) electrons. The second-order valence-corrected chi connectivity index (χ2v) is 4.72. The number of benzene rings is 1. The molecular weight excluding hydrogens is 273 g/mol. The van der Waals surface area contributed by atoms with E-state index >= 15 is 0 Å². The number of aryl methyl sites for hydroxylation is 2. The van der Waals surface area contributed by atoms with Crippen LogP contribution in [0, 0.1) is 0 Å². The first-order chi connectivity index (χ1) is 8.58. The summed E-state index contributed by atoms with van der Waals surface area (Å²) >= 11 is 11.9. The van der Waals surface area contributed by atoms with Gasteiger partial charge in [-0.25, -0.2) is 4.79 Å². The largest absolute Gasteiger partial charge is 0.477 e. The molecule has 0 aliphatic heterocycles. The fourth-order valence-corrected chi connectivity index (χ4v) is 2.27. The van der Waals surface area contributed by atoms with Crippen LogP contribution in [0.25, 0.3) is 0 Å². The number of nitrogens with zero attached hydrogens (tertiary/aromatic N) is 1. The highest BCUT2D eigenvalue weighted by atomic mass is 35.5. The maximum atomic E-state index is 10.9. The van der Waals surface area contributed by atoms with E-state index in [9.17, 15) is 4.79 Å². The van der Waals surface area contributed by atoms with Gasteiger partial charge < -0.3 is 9.67 Å². The van der Waals surface area contributed by atoms with E-state index in [2.05, 4.69) is 0 Å². The zero-order valence-corrected chi connectivity index (χ0v) is 10.9. The normalized spacial score (nSPS) is 10.6. The average molecular weight is 284 g/mol. The molecule has 0 fully saturated rings. The van der Waals surface area contributed by atoms with Crippen LogP contribution in [0.5, 0.6) is 0 Å². The quantitative estimate of drug-likeness (QED) is 0.929. The summed E-state index contributed by atoms with van der Waals surface area (Å²) in [7, 11) is 0. The maximum Gasteiger partial charge on any atom is 0.352 e. The van der Waals surface area contributed by atoms with Gasteiger partial charge in [0, 0.05) is 22.8 Å². The van der Waals surface area contributed by atoms with Gasteiger partial charge in [-0.2, -0.15) is 0 Å². The number of carboxylic acid groups (broad SMARTS) is 1. The minimum Gasteiger partial charge on any atom is -0.477 e. The fourth-order valence-electron chi connectivity index (χ4n) is 1.77. The molecule has 0 unspecified atom stereocenters. The van der Waals surface area contributed by atoms with E-state index in [0.717, 1.165) is 5.56 Å². The number of hydrogen-bond acceptors (Lipinski definition) is 1. The molecule has 0 aliphatic carbocycles. The fraction of sp³-hybridized carbons (Fsp3) is 0.154. The first-order valence-corrected chi connectivity index (χ1v) is 6.16. The summed E-state index contributed by atoms with van der Waals surface area (Å²) < 4.78 is 1.69. The topological polar surface area (TPSA) is 42.2 Å². The minimum atomic E-state index is -0.929. The third-order valence-electron chi connectivity index (χ3n) is 2.69. The number of halogens is 2. The zero-order valence-electron chi connectivity index (χ0n) is 9.44. The van der Waals surface area contributed by atoms with Crippen molar-refractivity contribution < 1.29 is 9.90 Å². The number of carbonyl (C=O) groups is 1. The van der Waals surface area contributed by atoms with Crippen LogP contribution in [-0.4, -0.2) is 15.6 Å². The van der Waals surface area contributed by atoms with Crippen LogP contribution in [0.15, 0.2) is 36.5 Å². The van der Waals surface area contributed by atoms with Crippen molar-refractivity contribution in [1.29, 1.82) is 0 Å². The van der Waals surface area contributed by atoms with Crippen LogP contribution in [-0.2, 0) is 13.0 Å².